The summed E-state index contributed by atoms with van der Waals surface area (Å²) in [4.78, 5) is 12.3. The fourth-order valence-electron chi connectivity index (χ4n) is 2.97. The molecule has 0 spiro atoms. The van der Waals surface area contributed by atoms with Crippen molar-refractivity contribution in [1.29, 1.82) is 0 Å². The Balaban J connectivity index is 0.000000508. The molecule has 0 atom stereocenters. The Hall–Kier alpha value is -3.44. The first kappa shape index (κ1) is 27.6. The van der Waals surface area contributed by atoms with Crippen LogP contribution in [0, 0.1) is 6.92 Å². The van der Waals surface area contributed by atoms with Gasteiger partial charge in [-0.3, -0.25) is 4.79 Å². The first-order chi connectivity index (χ1) is 16.0. The molecule has 33 heavy (non-hydrogen) atoms. The molecule has 4 nitrogen and oxygen atoms in total. The van der Waals surface area contributed by atoms with Gasteiger partial charge in [-0.05, 0) is 43.2 Å². The van der Waals surface area contributed by atoms with Gasteiger partial charge in [0, 0.05) is 30.1 Å². The zero-order chi connectivity index (χ0) is 24.6. The number of amides is 1. The average Bonchev–Trinajstić information content (AvgIpc) is 3.27. The molecule has 1 aromatic heterocycles. The molecule has 0 saturated heterocycles. The van der Waals surface area contributed by atoms with E-state index < -0.39 is 0 Å². The Bertz CT molecular complexity index is 1040. The summed E-state index contributed by atoms with van der Waals surface area (Å²) in [5.41, 5.74) is 5.78. The largest absolute Gasteiger partial charge is 0.374 e. The van der Waals surface area contributed by atoms with Crippen LogP contribution >= 0.6 is 12.2 Å². The van der Waals surface area contributed by atoms with Crippen molar-refractivity contribution in [1.82, 2.24) is 9.88 Å². The summed E-state index contributed by atoms with van der Waals surface area (Å²) in [6.45, 7) is 12.0. The Morgan fingerprint density at radius 1 is 1.03 bits per heavy atom. The van der Waals surface area contributed by atoms with Crippen LogP contribution in [0.4, 0.5) is 5.82 Å². The molecule has 3 rings (SSSR count). The van der Waals surface area contributed by atoms with E-state index in [2.05, 4.69) is 36.3 Å². The number of nitrogens with one attached hydrogen (secondary N) is 2. The van der Waals surface area contributed by atoms with Crippen molar-refractivity contribution in [3.05, 3.63) is 102 Å². The van der Waals surface area contributed by atoms with Gasteiger partial charge in [0.1, 0.15) is 5.82 Å². The van der Waals surface area contributed by atoms with Crippen LogP contribution in [0.3, 0.4) is 0 Å². The van der Waals surface area contributed by atoms with Crippen LogP contribution in [0.25, 0.3) is 11.8 Å². The molecule has 0 saturated carbocycles. The van der Waals surface area contributed by atoms with Crippen molar-refractivity contribution in [2.24, 2.45) is 0 Å². The zero-order valence-electron chi connectivity index (χ0n) is 20.3. The molecule has 1 amide bonds. The maximum Gasteiger partial charge on any atom is 0.256 e. The minimum atomic E-state index is -0.244. The van der Waals surface area contributed by atoms with Crippen molar-refractivity contribution in [3.63, 3.8) is 0 Å². The lowest BCUT2D eigenvalue weighted by Crippen LogP contribution is -2.23. The summed E-state index contributed by atoms with van der Waals surface area (Å²) < 4.78 is 2.04. The van der Waals surface area contributed by atoms with E-state index in [4.69, 9.17) is 12.2 Å². The third-order valence-electron chi connectivity index (χ3n) is 4.67. The lowest BCUT2D eigenvalue weighted by molar-refractivity contribution is -0.115. The van der Waals surface area contributed by atoms with E-state index in [1.165, 1.54) is 11.1 Å². The van der Waals surface area contributed by atoms with Gasteiger partial charge in [-0.15, -0.1) is 0 Å². The molecule has 0 fully saturated rings. The second-order valence-corrected chi connectivity index (χ2v) is 7.07. The number of hydrogen-bond acceptors (Lipinski definition) is 3. The highest BCUT2D eigenvalue weighted by atomic mass is 32.1. The van der Waals surface area contributed by atoms with Crippen molar-refractivity contribution < 1.29 is 4.79 Å². The van der Waals surface area contributed by atoms with E-state index in [1.54, 1.807) is 0 Å². The standard InChI is InChI=1S/C19H21N3OS.C7H8.C2H6/c1-4-14(2)17(19(23)21-13-24)12-15-10-11-22(18(15)20-3)16-8-6-5-7-9-16;1-7-5-3-2-4-6-7;1-2/h5-13,20H,2,4H2,1,3H3,(H,21,23,24);2-6H,1H3;1-2H3/b17-12-;;. The molecule has 2 aromatic carbocycles. The smallest absolute Gasteiger partial charge is 0.256 e. The molecule has 0 aliphatic rings. The van der Waals surface area contributed by atoms with Crippen LogP contribution in [0.15, 0.2) is 90.7 Å². The van der Waals surface area contributed by atoms with Crippen LogP contribution in [0.2, 0.25) is 0 Å². The minimum absolute atomic E-state index is 0.244. The number of para-hydroxylation sites is 1. The van der Waals surface area contributed by atoms with E-state index in [1.807, 2.05) is 99.3 Å². The molecular weight excluding hydrogens is 426 g/mol. The number of carbonyl (C=O) groups is 1. The Morgan fingerprint density at radius 3 is 2.06 bits per heavy atom. The van der Waals surface area contributed by atoms with Gasteiger partial charge in [-0.1, -0.05) is 93.7 Å². The van der Waals surface area contributed by atoms with E-state index in [0.717, 1.165) is 22.6 Å². The molecule has 0 radical (unpaired) electrons. The first-order valence-electron chi connectivity index (χ1n) is 11.1. The van der Waals surface area contributed by atoms with Gasteiger partial charge in [0.25, 0.3) is 5.91 Å². The van der Waals surface area contributed by atoms with Crippen LogP contribution in [0.5, 0.6) is 0 Å². The minimum Gasteiger partial charge on any atom is -0.374 e. The quantitative estimate of drug-likeness (QED) is 0.227. The van der Waals surface area contributed by atoms with Crippen LogP contribution < -0.4 is 10.6 Å². The fraction of sp³-hybridized carbons (Fsp3) is 0.214. The van der Waals surface area contributed by atoms with Crippen molar-refractivity contribution >= 4 is 35.5 Å². The lowest BCUT2D eigenvalue weighted by Gasteiger charge is -2.11. The molecule has 0 unspecified atom stereocenters. The van der Waals surface area contributed by atoms with E-state index in [0.29, 0.717) is 12.0 Å². The predicted octanol–water partition coefficient (Wildman–Crippen LogP) is 6.96. The number of thiocarbonyl (C=S) groups is 1. The number of nitrogens with zero attached hydrogens (tertiary/aromatic N) is 1. The summed E-state index contributed by atoms with van der Waals surface area (Å²) in [5, 5.41) is 5.76. The summed E-state index contributed by atoms with van der Waals surface area (Å²) >= 11 is 4.72. The van der Waals surface area contributed by atoms with Crippen LogP contribution in [-0.2, 0) is 4.79 Å². The molecular formula is C28H35N3OS. The lowest BCUT2D eigenvalue weighted by atomic mass is 10.0. The molecule has 1 heterocycles. The predicted molar refractivity (Wildman–Crippen MR) is 147 cm³/mol. The van der Waals surface area contributed by atoms with Gasteiger partial charge in [-0.2, -0.15) is 0 Å². The molecule has 0 aliphatic heterocycles. The Morgan fingerprint density at radius 2 is 1.61 bits per heavy atom. The third-order valence-corrected chi connectivity index (χ3v) is 4.79. The normalized spacial score (nSPS) is 10.0. The molecule has 0 bridgehead atoms. The van der Waals surface area contributed by atoms with Gasteiger partial charge in [-0.25, -0.2) is 0 Å². The zero-order valence-corrected chi connectivity index (χ0v) is 21.1. The number of aryl methyl sites for hydroxylation is 1. The number of aromatic nitrogens is 1. The Kier molecular flexibility index (Phi) is 12.9. The van der Waals surface area contributed by atoms with Crippen molar-refractivity contribution in [3.8, 4) is 5.69 Å². The second kappa shape index (κ2) is 15.4. The van der Waals surface area contributed by atoms with Crippen LogP contribution in [-0.4, -0.2) is 23.0 Å². The molecule has 2 N–H and O–H groups in total. The summed E-state index contributed by atoms with van der Waals surface area (Å²) in [6.07, 6.45) is 4.49. The van der Waals surface area contributed by atoms with Gasteiger partial charge < -0.3 is 15.2 Å². The molecule has 0 aliphatic carbocycles. The van der Waals surface area contributed by atoms with Crippen molar-refractivity contribution in [2.75, 3.05) is 12.4 Å². The monoisotopic (exact) mass is 461 g/mol. The highest BCUT2D eigenvalue weighted by molar-refractivity contribution is 7.78. The average molecular weight is 462 g/mol. The van der Waals surface area contributed by atoms with E-state index >= 15 is 0 Å². The molecule has 174 valence electrons. The van der Waals surface area contributed by atoms with Gasteiger partial charge in [0.05, 0.1) is 5.49 Å². The third kappa shape index (κ3) is 8.54. The summed E-state index contributed by atoms with van der Waals surface area (Å²) in [7, 11) is 1.86. The highest BCUT2D eigenvalue weighted by Crippen LogP contribution is 2.26. The number of rotatable bonds is 7. The number of carbonyl (C=O) groups excluding carboxylic acids is 1. The molecule has 3 aromatic rings. The number of benzene rings is 2. The first-order valence-corrected chi connectivity index (χ1v) is 11.6. The second-order valence-electron chi connectivity index (χ2n) is 6.84. The number of anilines is 1. The topological polar surface area (TPSA) is 46.1 Å². The van der Waals surface area contributed by atoms with Gasteiger partial charge >= 0.3 is 0 Å². The summed E-state index contributed by atoms with van der Waals surface area (Å²) in [6, 6.07) is 22.2. The highest BCUT2D eigenvalue weighted by Gasteiger charge is 2.14. The maximum atomic E-state index is 12.3. The van der Waals surface area contributed by atoms with Crippen molar-refractivity contribution in [2.45, 2.75) is 34.1 Å². The Labute approximate surface area is 204 Å². The number of hydrogen-bond donors (Lipinski definition) is 2. The van der Waals surface area contributed by atoms with E-state index in [9.17, 15) is 4.79 Å². The fourth-order valence-corrected chi connectivity index (χ4v) is 3.08. The SMILES string of the molecule is C=C(CC)/C(=C/c1ccn(-c2ccccc2)c1NC)C(=O)NC=S.CC.Cc1ccccc1. The van der Waals surface area contributed by atoms with Gasteiger partial charge in [0.2, 0.25) is 0 Å². The maximum absolute atomic E-state index is 12.3. The molecule has 5 heteroatoms. The summed E-state index contributed by atoms with van der Waals surface area (Å²) in [5.74, 6) is 0.657. The van der Waals surface area contributed by atoms with Gasteiger partial charge in [0.15, 0.2) is 0 Å². The van der Waals surface area contributed by atoms with Crippen LogP contribution in [0.1, 0.15) is 38.3 Å². The van der Waals surface area contributed by atoms with E-state index in [-0.39, 0.29) is 5.91 Å².